The molecule has 0 bridgehead atoms. The number of benzene rings is 2. The van der Waals surface area contributed by atoms with E-state index in [1.54, 1.807) is 7.11 Å². The second-order valence-electron chi connectivity index (χ2n) is 4.94. The number of ether oxygens (including phenoxy) is 1. The van der Waals surface area contributed by atoms with Gasteiger partial charge in [-0.3, -0.25) is 0 Å². The zero-order valence-electron chi connectivity index (χ0n) is 11.8. The van der Waals surface area contributed by atoms with Crippen LogP contribution in [0.5, 0.6) is 5.75 Å². The first-order valence-electron chi connectivity index (χ1n) is 6.66. The molecule has 2 nitrogen and oxygen atoms in total. The first-order chi connectivity index (χ1) is 9.20. The second kappa shape index (κ2) is 6.39. The molecule has 0 amide bonds. The zero-order chi connectivity index (χ0) is 13.7. The molecule has 0 saturated heterocycles. The molecule has 0 radical (unpaired) electrons. The summed E-state index contributed by atoms with van der Waals surface area (Å²) in [5, 5.41) is 3.44. The summed E-state index contributed by atoms with van der Waals surface area (Å²) in [4.78, 5) is 0. The Balaban J connectivity index is 2.27. The van der Waals surface area contributed by atoms with Crippen molar-refractivity contribution >= 4 is 0 Å². The lowest BCUT2D eigenvalue weighted by atomic mass is 10.0. The molecule has 2 rings (SSSR count). The van der Waals surface area contributed by atoms with Crippen LogP contribution in [-0.4, -0.2) is 13.2 Å². The van der Waals surface area contributed by atoms with Gasteiger partial charge in [0, 0.05) is 18.2 Å². The summed E-state index contributed by atoms with van der Waals surface area (Å²) in [6, 6.07) is 17.2. The van der Waals surface area contributed by atoms with Crippen LogP contribution in [0.25, 0.3) is 11.1 Å². The molecule has 0 saturated carbocycles. The van der Waals surface area contributed by atoms with E-state index in [2.05, 4.69) is 49.5 Å². The fourth-order valence-electron chi connectivity index (χ4n) is 2.05. The predicted octanol–water partition coefficient (Wildman–Crippen LogP) is 3.86. The molecule has 0 unspecified atom stereocenters. The molecule has 0 aliphatic carbocycles. The predicted molar refractivity (Wildman–Crippen MR) is 80.4 cm³/mol. The number of hydrogen-bond acceptors (Lipinski definition) is 2. The number of methoxy groups -OCH3 is 1. The molecule has 2 aromatic rings. The van der Waals surface area contributed by atoms with Crippen LogP contribution in [0.1, 0.15) is 19.4 Å². The molecule has 1 N–H and O–H groups in total. The van der Waals surface area contributed by atoms with Gasteiger partial charge in [0.1, 0.15) is 5.75 Å². The molecule has 2 aromatic carbocycles. The van der Waals surface area contributed by atoms with Gasteiger partial charge in [-0.05, 0) is 23.3 Å². The summed E-state index contributed by atoms with van der Waals surface area (Å²) in [6.45, 7) is 5.20. The third-order valence-corrected chi connectivity index (χ3v) is 3.06. The van der Waals surface area contributed by atoms with Gasteiger partial charge in [0.25, 0.3) is 0 Å². The third-order valence-electron chi connectivity index (χ3n) is 3.06. The quantitative estimate of drug-likeness (QED) is 0.876. The molecule has 0 atom stereocenters. The van der Waals surface area contributed by atoms with E-state index in [1.165, 1.54) is 11.1 Å². The Hall–Kier alpha value is -1.80. The number of nitrogens with one attached hydrogen (secondary N) is 1. The minimum Gasteiger partial charge on any atom is -0.496 e. The first-order valence-corrected chi connectivity index (χ1v) is 6.66. The largest absolute Gasteiger partial charge is 0.496 e. The van der Waals surface area contributed by atoms with Gasteiger partial charge in [-0.1, -0.05) is 50.2 Å². The molecule has 0 fully saturated rings. The Kier molecular flexibility index (Phi) is 4.58. The van der Waals surface area contributed by atoms with Crippen molar-refractivity contribution in [2.45, 2.75) is 26.4 Å². The highest BCUT2D eigenvalue weighted by Crippen LogP contribution is 2.29. The van der Waals surface area contributed by atoms with Crippen molar-refractivity contribution in [1.29, 1.82) is 0 Å². The highest BCUT2D eigenvalue weighted by molar-refractivity contribution is 5.70. The van der Waals surface area contributed by atoms with Crippen molar-refractivity contribution in [2.75, 3.05) is 7.11 Å². The Morgan fingerprint density at radius 2 is 1.84 bits per heavy atom. The highest BCUT2D eigenvalue weighted by atomic mass is 16.5. The minimum absolute atomic E-state index is 0.495. The molecule has 2 heteroatoms. The van der Waals surface area contributed by atoms with Gasteiger partial charge in [0.05, 0.1) is 7.11 Å². The van der Waals surface area contributed by atoms with Crippen LogP contribution in [-0.2, 0) is 6.54 Å². The van der Waals surface area contributed by atoms with Gasteiger partial charge in [0.15, 0.2) is 0 Å². The Bertz CT molecular complexity index is 534. The highest BCUT2D eigenvalue weighted by Gasteiger charge is 2.05. The summed E-state index contributed by atoms with van der Waals surface area (Å²) in [5.41, 5.74) is 3.62. The lowest BCUT2D eigenvalue weighted by Crippen LogP contribution is -2.21. The molecular formula is C17H21NO. The second-order valence-corrected chi connectivity index (χ2v) is 4.94. The van der Waals surface area contributed by atoms with E-state index in [0.29, 0.717) is 6.04 Å². The summed E-state index contributed by atoms with van der Waals surface area (Å²) in [5.74, 6) is 0.913. The molecule has 100 valence electrons. The lowest BCUT2D eigenvalue weighted by Gasteiger charge is -2.11. The molecule has 0 heterocycles. The van der Waals surface area contributed by atoms with Crippen LogP contribution in [0.3, 0.4) is 0 Å². The molecular weight excluding hydrogens is 234 g/mol. The zero-order valence-corrected chi connectivity index (χ0v) is 11.8. The molecule has 0 aliphatic heterocycles. The average Bonchev–Trinajstić information content (AvgIpc) is 2.45. The SMILES string of the molecule is COc1ccccc1-c1cccc(CNC(C)C)c1. The van der Waals surface area contributed by atoms with Gasteiger partial charge < -0.3 is 10.1 Å². The van der Waals surface area contributed by atoms with Gasteiger partial charge in [0.2, 0.25) is 0 Å². The van der Waals surface area contributed by atoms with Crippen LogP contribution < -0.4 is 10.1 Å². The summed E-state index contributed by atoms with van der Waals surface area (Å²) >= 11 is 0. The van der Waals surface area contributed by atoms with Gasteiger partial charge >= 0.3 is 0 Å². The van der Waals surface area contributed by atoms with E-state index in [-0.39, 0.29) is 0 Å². The van der Waals surface area contributed by atoms with Crippen molar-refractivity contribution in [3.05, 3.63) is 54.1 Å². The van der Waals surface area contributed by atoms with Crippen LogP contribution in [0, 0.1) is 0 Å². The topological polar surface area (TPSA) is 21.3 Å². The smallest absolute Gasteiger partial charge is 0.126 e. The fourth-order valence-corrected chi connectivity index (χ4v) is 2.05. The van der Waals surface area contributed by atoms with E-state index < -0.39 is 0 Å². The minimum atomic E-state index is 0.495. The molecule has 0 spiro atoms. The maximum Gasteiger partial charge on any atom is 0.126 e. The lowest BCUT2D eigenvalue weighted by molar-refractivity contribution is 0.416. The third kappa shape index (κ3) is 3.58. The monoisotopic (exact) mass is 255 g/mol. The fraction of sp³-hybridized carbons (Fsp3) is 0.294. The molecule has 0 aromatic heterocycles. The normalized spacial score (nSPS) is 10.7. The Morgan fingerprint density at radius 1 is 1.05 bits per heavy atom. The van der Waals surface area contributed by atoms with Gasteiger partial charge in [-0.25, -0.2) is 0 Å². The summed E-state index contributed by atoms with van der Waals surface area (Å²) in [6.07, 6.45) is 0. The number of para-hydroxylation sites is 1. The molecule has 19 heavy (non-hydrogen) atoms. The van der Waals surface area contributed by atoms with Crippen LogP contribution >= 0.6 is 0 Å². The maximum atomic E-state index is 5.42. The summed E-state index contributed by atoms with van der Waals surface area (Å²) < 4.78 is 5.42. The van der Waals surface area contributed by atoms with Crippen molar-refractivity contribution < 1.29 is 4.74 Å². The van der Waals surface area contributed by atoms with Gasteiger partial charge in [-0.2, -0.15) is 0 Å². The first kappa shape index (κ1) is 13.6. The van der Waals surface area contributed by atoms with E-state index >= 15 is 0 Å². The van der Waals surface area contributed by atoms with Crippen molar-refractivity contribution in [1.82, 2.24) is 5.32 Å². The average molecular weight is 255 g/mol. The van der Waals surface area contributed by atoms with E-state index in [0.717, 1.165) is 17.9 Å². The van der Waals surface area contributed by atoms with Crippen molar-refractivity contribution in [3.63, 3.8) is 0 Å². The Labute approximate surface area is 115 Å². The standard InChI is InChI=1S/C17H21NO/c1-13(2)18-12-14-7-6-8-15(11-14)16-9-4-5-10-17(16)19-3/h4-11,13,18H,12H2,1-3H3. The maximum absolute atomic E-state index is 5.42. The molecule has 0 aliphatic rings. The van der Waals surface area contributed by atoms with Crippen LogP contribution in [0.15, 0.2) is 48.5 Å². The van der Waals surface area contributed by atoms with E-state index in [9.17, 15) is 0 Å². The van der Waals surface area contributed by atoms with Crippen LogP contribution in [0.2, 0.25) is 0 Å². The number of hydrogen-bond donors (Lipinski definition) is 1. The van der Waals surface area contributed by atoms with Gasteiger partial charge in [-0.15, -0.1) is 0 Å². The van der Waals surface area contributed by atoms with Crippen LogP contribution in [0.4, 0.5) is 0 Å². The Morgan fingerprint density at radius 3 is 2.58 bits per heavy atom. The van der Waals surface area contributed by atoms with Crippen molar-refractivity contribution in [3.8, 4) is 16.9 Å². The summed E-state index contributed by atoms with van der Waals surface area (Å²) in [7, 11) is 1.71. The number of rotatable bonds is 5. The van der Waals surface area contributed by atoms with Crippen molar-refractivity contribution in [2.24, 2.45) is 0 Å². The van der Waals surface area contributed by atoms with E-state index in [4.69, 9.17) is 4.74 Å². The van der Waals surface area contributed by atoms with E-state index in [1.807, 2.05) is 18.2 Å².